The van der Waals surface area contributed by atoms with Crippen LogP contribution in [-0.2, 0) is 0 Å². The monoisotopic (exact) mass is 806 g/mol. The summed E-state index contributed by atoms with van der Waals surface area (Å²) in [4.78, 5) is 29.1. The van der Waals surface area contributed by atoms with Crippen molar-refractivity contribution in [2.45, 2.75) is 0 Å². The Bertz CT molecular complexity index is 2710. The first kappa shape index (κ1) is 37.5. The Morgan fingerprint density at radius 3 is 0.758 bits per heavy atom. The molecule has 62 heavy (non-hydrogen) atoms. The van der Waals surface area contributed by atoms with Gasteiger partial charge in [-0.05, 0) is 93.0 Å². The number of hydrogen-bond acceptors (Lipinski definition) is 6. The van der Waals surface area contributed by atoms with E-state index in [1.165, 1.54) is 20.0 Å². The van der Waals surface area contributed by atoms with E-state index in [1.54, 1.807) is 0 Å². The lowest BCUT2D eigenvalue weighted by Gasteiger charge is -2.38. The highest BCUT2D eigenvalue weighted by molar-refractivity contribution is 6.44. The van der Waals surface area contributed by atoms with Crippen molar-refractivity contribution in [2.24, 2.45) is 10.2 Å². The van der Waals surface area contributed by atoms with Crippen molar-refractivity contribution < 1.29 is 9.59 Å². The van der Waals surface area contributed by atoms with Crippen LogP contribution in [0.5, 0.6) is 0 Å². The van der Waals surface area contributed by atoms with Crippen LogP contribution in [0.3, 0.4) is 0 Å². The van der Waals surface area contributed by atoms with Gasteiger partial charge in [-0.15, -0.1) is 10.2 Å². The van der Waals surface area contributed by atoms with E-state index in [0.29, 0.717) is 22.7 Å². The lowest BCUT2D eigenvalue weighted by atomic mass is 10.1. The highest BCUT2D eigenvalue weighted by Crippen LogP contribution is 2.31. The summed E-state index contributed by atoms with van der Waals surface area (Å²) < 4.78 is 0. The molecule has 2 aliphatic rings. The summed E-state index contributed by atoms with van der Waals surface area (Å²) in [5.41, 5.74) is 16.9. The molecule has 0 saturated carbocycles. The SMILES string of the molecule is O=C1N(c2ccc(-c3ccccc3)cc2)N=C(C2=NN(c3ccc(-c4ccccc4)cc3)C(=O)N(c3ccc(-c4ccccc4)cc3)N2)NN1c1ccc(-c2ccccc2)cc1. The van der Waals surface area contributed by atoms with Crippen molar-refractivity contribution in [1.82, 2.24) is 10.9 Å². The standard InChI is InChI=1S/C52H38N8O2/c61-51-57(45-29-21-41(22-30-45)37-13-5-1-6-14-37)53-49(54-58(51)46-31-23-42(24-32-46)38-15-7-2-8-16-38)50-55-59(47-33-25-43(26-34-47)39-17-9-3-10-18-39)52(62)60(56-50)48-35-27-44(28-36-48)40-19-11-4-12-20-40/h1-36H,(H,53,54)(H,55,56). The largest absolute Gasteiger partial charge is 0.368 e. The number of amidine groups is 2. The van der Waals surface area contributed by atoms with Gasteiger partial charge < -0.3 is 0 Å². The van der Waals surface area contributed by atoms with E-state index in [9.17, 15) is 9.59 Å². The van der Waals surface area contributed by atoms with Crippen LogP contribution in [0.4, 0.5) is 32.3 Å². The number of nitrogens with zero attached hydrogens (tertiary/aromatic N) is 6. The van der Waals surface area contributed by atoms with Crippen molar-refractivity contribution >= 4 is 46.5 Å². The molecule has 2 N–H and O–H groups in total. The van der Waals surface area contributed by atoms with Crippen LogP contribution < -0.4 is 30.9 Å². The van der Waals surface area contributed by atoms with Crippen LogP contribution in [0, 0.1) is 0 Å². The molecule has 0 aliphatic carbocycles. The van der Waals surface area contributed by atoms with Gasteiger partial charge in [-0.25, -0.2) is 19.6 Å². The Labute approximate surface area is 358 Å². The molecule has 298 valence electrons. The zero-order valence-electron chi connectivity index (χ0n) is 33.3. The number of amides is 4. The number of hydrazone groups is 2. The highest BCUT2D eigenvalue weighted by Gasteiger charge is 2.37. The molecular weight excluding hydrogens is 769 g/mol. The third kappa shape index (κ3) is 7.51. The first-order valence-corrected chi connectivity index (χ1v) is 20.2. The lowest BCUT2D eigenvalue weighted by molar-refractivity contribution is 0.248. The summed E-state index contributed by atoms with van der Waals surface area (Å²) in [6, 6.07) is 70.0. The van der Waals surface area contributed by atoms with E-state index >= 15 is 0 Å². The molecule has 4 amide bonds. The van der Waals surface area contributed by atoms with Crippen molar-refractivity contribution in [3.05, 3.63) is 218 Å². The number of carbonyl (C=O) groups excluding carboxylic acids is 2. The Kier molecular flexibility index (Phi) is 9.97. The number of carbonyl (C=O) groups is 2. The second kappa shape index (κ2) is 16.5. The van der Waals surface area contributed by atoms with Crippen LogP contribution in [0.1, 0.15) is 0 Å². The molecule has 10 heteroatoms. The molecule has 0 unspecified atom stereocenters. The minimum absolute atomic E-state index is 0.188. The Balaban J connectivity index is 1.05. The summed E-state index contributed by atoms with van der Waals surface area (Å²) in [6.45, 7) is 0. The molecule has 0 saturated heterocycles. The third-order valence-corrected chi connectivity index (χ3v) is 10.7. The molecule has 8 aromatic carbocycles. The predicted molar refractivity (Wildman–Crippen MR) is 249 cm³/mol. The third-order valence-electron chi connectivity index (χ3n) is 10.7. The molecule has 0 radical (unpaired) electrons. The number of hydrazine groups is 2. The number of urea groups is 2. The van der Waals surface area contributed by atoms with Crippen LogP contribution in [-0.4, -0.2) is 23.7 Å². The van der Waals surface area contributed by atoms with Crippen LogP contribution in [0.15, 0.2) is 229 Å². The first-order valence-electron chi connectivity index (χ1n) is 20.2. The predicted octanol–water partition coefficient (Wildman–Crippen LogP) is 11.6. The second-order valence-corrected chi connectivity index (χ2v) is 14.6. The average Bonchev–Trinajstić information content (AvgIpc) is 3.35. The van der Waals surface area contributed by atoms with Crippen LogP contribution in [0.2, 0.25) is 0 Å². The van der Waals surface area contributed by atoms with E-state index in [0.717, 1.165) is 44.5 Å². The van der Waals surface area contributed by atoms with Crippen molar-refractivity contribution in [3.63, 3.8) is 0 Å². The van der Waals surface area contributed by atoms with Gasteiger partial charge in [0.1, 0.15) is 0 Å². The molecule has 10 rings (SSSR count). The van der Waals surface area contributed by atoms with Gasteiger partial charge >= 0.3 is 12.1 Å². The fourth-order valence-electron chi connectivity index (χ4n) is 7.43. The number of hydrogen-bond donors (Lipinski definition) is 2. The molecule has 0 bridgehead atoms. The molecule has 0 fully saturated rings. The quantitative estimate of drug-likeness (QED) is 0.152. The van der Waals surface area contributed by atoms with E-state index in [2.05, 4.69) is 10.9 Å². The van der Waals surface area contributed by atoms with Crippen molar-refractivity contribution in [3.8, 4) is 44.5 Å². The minimum atomic E-state index is -0.442. The summed E-state index contributed by atoms with van der Waals surface area (Å²) >= 11 is 0. The number of anilines is 4. The smallest absolute Gasteiger partial charge is 0.268 e. The van der Waals surface area contributed by atoms with E-state index < -0.39 is 12.1 Å². The number of nitrogens with one attached hydrogen (secondary N) is 2. The van der Waals surface area contributed by atoms with Gasteiger partial charge in [0, 0.05) is 0 Å². The first-order chi connectivity index (χ1) is 30.6. The molecule has 0 atom stereocenters. The molecule has 8 aromatic rings. The van der Waals surface area contributed by atoms with Crippen LogP contribution in [0.25, 0.3) is 44.5 Å². The Hall–Kier alpha value is -8.76. The summed E-state index contributed by atoms with van der Waals surface area (Å²) in [7, 11) is 0. The molecular formula is C52H38N8O2. The maximum absolute atomic E-state index is 14.5. The number of benzene rings is 8. The van der Waals surface area contributed by atoms with Crippen molar-refractivity contribution in [2.75, 3.05) is 20.0 Å². The summed E-state index contributed by atoms with van der Waals surface area (Å²) in [5, 5.41) is 15.3. The van der Waals surface area contributed by atoms with Gasteiger partial charge in [-0.1, -0.05) is 170 Å². The van der Waals surface area contributed by atoms with Crippen molar-refractivity contribution in [1.29, 1.82) is 0 Å². The molecule has 2 heterocycles. The lowest BCUT2D eigenvalue weighted by Crippen LogP contribution is -2.65. The second-order valence-electron chi connectivity index (χ2n) is 14.6. The van der Waals surface area contributed by atoms with Gasteiger partial charge in [0.25, 0.3) is 0 Å². The average molecular weight is 807 g/mol. The molecule has 10 nitrogen and oxygen atoms in total. The van der Waals surface area contributed by atoms with E-state index in [-0.39, 0.29) is 11.7 Å². The van der Waals surface area contributed by atoms with Gasteiger partial charge in [-0.3, -0.25) is 10.9 Å². The van der Waals surface area contributed by atoms with Crippen LogP contribution >= 0.6 is 0 Å². The Morgan fingerprint density at radius 2 is 0.500 bits per heavy atom. The zero-order chi connectivity index (χ0) is 41.8. The van der Waals surface area contributed by atoms with E-state index in [4.69, 9.17) is 10.2 Å². The topological polar surface area (TPSA) is 95.9 Å². The molecule has 0 spiro atoms. The Morgan fingerprint density at radius 1 is 0.274 bits per heavy atom. The summed E-state index contributed by atoms with van der Waals surface area (Å²) in [5.74, 6) is 0.376. The summed E-state index contributed by atoms with van der Waals surface area (Å²) in [6.07, 6.45) is 0. The fourth-order valence-corrected chi connectivity index (χ4v) is 7.43. The van der Waals surface area contributed by atoms with Gasteiger partial charge in [0.2, 0.25) is 11.7 Å². The number of rotatable bonds is 9. The fraction of sp³-hybridized carbons (Fsp3) is 0. The molecule has 0 aromatic heterocycles. The van der Waals surface area contributed by atoms with Gasteiger partial charge in [-0.2, -0.15) is 10.0 Å². The highest BCUT2D eigenvalue weighted by atomic mass is 16.2. The zero-order valence-corrected chi connectivity index (χ0v) is 33.3. The van der Waals surface area contributed by atoms with Gasteiger partial charge in [0.05, 0.1) is 22.7 Å². The van der Waals surface area contributed by atoms with E-state index in [1.807, 2.05) is 218 Å². The maximum atomic E-state index is 14.5. The normalized spacial score (nSPS) is 13.9. The van der Waals surface area contributed by atoms with Gasteiger partial charge in [0.15, 0.2) is 0 Å². The minimum Gasteiger partial charge on any atom is -0.268 e. The molecule has 2 aliphatic heterocycles. The maximum Gasteiger partial charge on any atom is 0.368 e.